The van der Waals surface area contributed by atoms with Crippen molar-refractivity contribution in [1.29, 1.82) is 0 Å². The van der Waals surface area contributed by atoms with Gasteiger partial charge in [-0.15, -0.1) is 15.3 Å². The summed E-state index contributed by atoms with van der Waals surface area (Å²) in [7, 11) is 0. The molecular formula is C9H11N5. The zero-order valence-corrected chi connectivity index (χ0v) is 7.94. The van der Waals surface area contributed by atoms with Crippen LogP contribution in [0.15, 0.2) is 12.1 Å². The molecule has 0 amide bonds. The van der Waals surface area contributed by atoms with Gasteiger partial charge in [-0.25, -0.2) is 0 Å². The Morgan fingerprint density at radius 1 is 1.36 bits per heavy atom. The molecule has 5 heteroatoms. The molecule has 2 aromatic rings. The summed E-state index contributed by atoms with van der Waals surface area (Å²) in [5, 5.41) is 15.7. The van der Waals surface area contributed by atoms with E-state index < -0.39 is 0 Å². The first-order valence-electron chi connectivity index (χ1n) is 4.78. The fourth-order valence-corrected chi connectivity index (χ4v) is 1.41. The van der Waals surface area contributed by atoms with E-state index in [0.717, 1.165) is 17.3 Å². The van der Waals surface area contributed by atoms with Crippen molar-refractivity contribution in [3.8, 4) is 0 Å². The van der Waals surface area contributed by atoms with Gasteiger partial charge < -0.3 is 5.32 Å². The predicted octanol–water partition coefficient (Wildman–Crippen LogP) is 1.01. The van der Waals surface area contributed by atoms with Crippen LogP contribution in [0.4, 0.5) is 5.82 Å². The number of aromatic nitrogens is 4. The maximum absolute atomic E-state index is 4.40. The van der Waals surface area contributed by atoms with E-state index in [9.17, 15) is 0 Å². The van der Waals surface area contributed by atoms with Gasteiger partial charge in [0.15, 0.2) is 11.5 Å². The molecule has 0 aliphatic heterocycles. The van der Waals surface area contributed by atoms with E-state index in [1.807, 2.05) is 19.1 Å². The van der Waals surface area contributed by atoms with Gasteiger partial charge in [0.2, 0.25) is 0 Å². The number of aryl methyl sites for hydroxylation is 1. The highest BCUT2D eigenvalue weighted by Gasteiger charge is 2.21. The van der Waals surface area contributed by atoms with Crippen molar-refractivity contribution in [3.63, 3.8) is 0 Å². The molecule has 72 valence electrons. The van der Waals surface area contributed by atoms with E-state index in [1.54, 1.807) is 4.52 Å². The van der Waals surface area contributed by atoms with Crippen LogP contribution in [0.25, 0.3) is 5.65 Å². The summed E-state index contributed by atoms with van der Waals surface area (Å²) in [6.07, 6.45) is 2.50. The molecule has 2 aromatic heterocycles. The molecule has 2 heterocycles. The van der Waals surface area contributed by atoms with Crippen molar-refractivity contribution >= 4 is 11.5 Å². The molecule has 0 unspecified atom stereocenters. The third kappa shape index (κ3) is 1.21. The van der Waals surface area contributed by atoms with Gasteiger partial charge in [0.1, 0.15) is 5.82 Å². The van der Waals surface area contributed by atoms with E-state index in [1.165, 1.54) is 12.8 Å². The predicted molar refractivity (Wildman–Crippen MR) is 52.2 cm³/mol. The van der Waals surface area contributed by atoms with Crippen molar-refractivity contribution in [3.05, 3.63) is 18.0 Å². The van der Waals surface area contributed by atoms with Crippen molar-refractivity contribution < 1.29 is 0 Å². The first-order valence-corrected chi connectivity index (χ1v) is 4.78. The number of nitrogens with one attached hydrogen (secondary N) is 1. The third-order valence-electron chi connectivity index (χ3n) is 2.35. The lowest BCUT2D eigenvalue weighted by Crippen LogP contribution is -2.05. The van der Waals surface area contributed by atoms with Crippen molar-refractivity contribution in [2.45, 2.75) is 25.8 Å². The van der Waals surface area contributed by atoms with Gasteiger partial charge in [0.05, 0.1) is 0 Å². The SMILES string of the molecule is Cc1nnc2ccc(NC3CC3)nn12. The van der Waals surface area contributed by atoms with Crippen LogP contribution >= 0.6 is 0 Å². The summed E-state index contributed by atoms with van der Waals surface area (Å²) in [5.41, 5.74) is 0.795. The Bertz CT molecular complexity index is 471. The highest BCUT2D eigenvalue weighted by Crippen LogP contribution is 2.23. The second-order valence-electron chi connectivity index (χ2n) is 3.65. The topological polar surface area (TPSA) is 55.1 Å². The molecule has 0 aromatic carbocycles. The van der Waals surface area contributed by atoms with Gasteiger partial charge in [-0.1, -0.05) is 0 Å². The van der Waals surface area contributed by atoms with Crippen LogP contribution in [0.3, 0.4) is 0 Å². The van der Waals surface area contributed by atoms with Gasteiger partial charge in [0, 0.05) is 6.04 Å². The number of hydrogen-bond acceptors (Lipinski definition) is 4. The summed E-state index contributed by atoms with van der Waals surface area (Å²) in [4.78, 5) is 0. The Morgan fingerprint density at radius 3 is 3.00 bits per heavy atom. The highest BCUT2D eigenvalue weighted by molar-refractivity contribution is 5.44. The summed E-state index contributed by atoms with van der Waals surface area (Å²) in [6.45, 7) is 1.90. The summed E-state index contributed by atoms with van der Waals surface area (Å²) < 4.78 is 1.75. The average molecular weight is 189 g/mol. The zero-order chi connectivity index (χ0) is 9.54. The van der Waals surface area contributed by atoms with E-state index in [2.05, 4.69) is 20.6 Å². The van der Waals surface area contributed by atoms with Crippen LogP contribution in [0.1, 0.15) is 18.7 Å². The first-order chi connectivity index (χ1) is 6.83. The Kier molecular flexibility index (Phi) is 1.47. The van der Waals surface area contributed by atoms with Crippen LogP contribution in [-0.4, -0.2) is 25.9 Å². The zero-order valence-electron chi connectivity index (χ0n) is 7.94. The normalized spacial score (nSPS) is 16.1. The second-order valence-corrected chi connectivity index (χ2v) is 3.65. The van der Waals surface area contributed by atoms with E-state index in [0.29, 0.717) is 6.04 Å². The lowest BCUT2D eigenvalue weighted by molar-refractivity contribution is 0.870. The molecule has 1 saturated carbocycles. The maximum Gasteiger partial charge on any atom is 0.178 e. The minimum Gasteiger partial charge on any atom is -0.366 e. The third-order valence-corrected chi connectivity index (χ3v) is 2.35. The molecule has 1 N–H and O–H groups in total. The average Bonchev–Trinajstić information content (AvgIpc) is 2.92. The molecule has 0 atom stereocenters. The van der Waals surface area contributed by atoms with Crippen LogP contribution in [0.2, 0.25) is 0 Å². The molecule has 0 radical (unpaired) electrons. The Balaban J connectivity index is 2.03. The smallest absolute Gasteiger partial charge is 0.178 e. The molecule has 3 rings (SSSR count). The van der Waals surface area contributed by atoms with Gasteiger partial charge >= 0.3 is 0 Å². The Labute approximate surface area is 81.1 Å². The summed E-state index contributed by atoms with van der Waals surface area (Å²) >= 11 is 0. The van der Waals surface area contributed by atoms with Crippen molar-refractivity contribution in [1.82, 2.24) is 19.8 Å². The fourth-order valence-electron chi connectivity index (χ4n) is 1.41. The minimum absolute atomic E-state index is 0.622. The quantitative estimate of drug-likeness (QED) is 0.766. The largest absolute Gasteiger partial charge is 0.366 e. The molecule has 5 nitrogen and oxygen atoms in total. The van der Waals surface area contributed by atoms with Crippen LogP contribution < -0.4 is 5.32 Å². The molecular weight excluding hydrogens is 178 g/mol. The van der Waals surface area contributed by atoms with E-state index in [-0.39, 0.29) is 0 Å². The van der Waals surface area contributed by atoms with Gasteiger partial charge in [-0.05, 0) is 31.9 Å². The molecule has 0 bridgehead atoms. The molecule has 0 spiro atoms. The minimum atomic E-state index is 0.622. The number of anilines is 1. The Hall–Kier alpha value is -1.65. The van der Waals surface area contributed by atoms with E-state index in [4.69, 9.17) is 0 Å². The number of hydrogen-bond donors (Lipinski definition) is 1. The van der Waals surface area contributed by atoms with Crippen molar-refractivity contribution in [2.75, 3.05) is 5.32 Å². The molecule has 14 heavy (non-hydrogen) atoms. The van der Waals surface area contributed by atoms with Crippen LogP contribution in [0, 0.1) is 6.92 Å². The number of fused-ring (bicyclic) bond motifs is 1. The lowest BCUT2D eigenvalue weighted by Gasteiger charge is -2.02. The van der Waals surface area contributed by atoms with Crippen LogP contribution in [0.5, 0.6) is 0 Å². The van der Waals surface area contributed by atoms with Gasteiger partial charge in [-0.3, -0.25) is 0 Å². The lowest BCUT2D eigenvalue weighted by atomic mass is 10.5. The second kappa shape index (κ2) is 2.67. The molecule has 1 aliphatic rings. The first kappa shape index (κ1) is 7.73. The van der Waals surface area contributed by atoms with Crippen molar-refractivity contribution in [2.24, 2.45) is 0 Å². The summed E-state index contributed by atoms with van der Waals surface area (Å²) in [6, 6.07) is 4.50. The Morgan fingerprint density at radius 2 is 2.21 bits per heavy atom. The highest BCUT2D eigenvalue weighted by atomic mass is 15.4. The molecule has 0 saturated heterocycles. The molecule has 1 fully saturated rings. The monoisotopic (exact) mass is 189 g/mol. The van der Waals surface area contributed by atoms with Gasteiger partial charge in [0.25, 0.3) is 0 Å². The van der Waals surface area contributed by atoms with E-state index >= 15 is 0 Å². The van der Waals surface area contributed by atoms with Gasteiger partial charge in [-0.2, -0.15) is 4.52 Å². The maximum atomic E-state index is 4.40. The fraction of sp³-hybridized carbons (Fsp3) is 0.444. The molecule has 1 aliphatic carbocycles. The standard InChI is InChI=1S/C9H11N5/c1-6-11-12-9-5-4-8(13-14(6)9)10-7-2-3-7/h4-5,7H,2-3H2,1H3,(H,10,13). The summed E-state index contributed by atoms with van der Waals surface area (Å²) in [5.74, 6) is 1.72. The van der Waals surface area contributed by atoms with Crippen LogP contribution in [-0.2, 0) is 0 Å². The number of nitrogens with zero attached hydrogens (tertiary/aromatic N) is 4. The number of rotatable bonds is 2.